The van der Waals surface area contributed by atoms with Crippen molar-refractivity contribution in [3.05, 3.63) is 129 Å². The highest BCUT2D eigenvalue weighted by molar-refractivity contribution is 5.91. The van der Waals surface area contributed by atoms with Crippen molar-refractivity contribution < 1.29 is 9.53 Å². The first-order chi connectivity index (χ1) is 18.3. The quantitative estimate of drug-likeness (QED) is 0.255. The zero-order chi connectivity index (χ0) is 26.7. The van der Waals surface area contributed by atoms with Crippen LogP contribution in [0, 0.1) is 34.6 Å². The molecule has 2 aromatic heterocycles. The first-order valence-electron chi connectivity index (χ1n) is 13.3. The summed E-state index contributed by atoms with van der Waals surface area (Å²) < 4.78 is 7.68. The number of esters is 1. The number of carbonyl (C=O) groups excluding carboxylic acids is 1. The molecular weight excluding hydrogens is 468 g/mol. The average molecular weight is 503 g/mol. The molecule has 192 valence electrons. The van der Waals surface area contributed by atoms with Gasteiger partial charge < -0.3 is 14.3 Å². The molecule has 0 saturated carbocycles. The molecule has 6 rings (SSSR count). The maximum absolute atomic E-state index is 13.4. The molecule has 0 bridgehead atoms. The molecule has 3 aromatic carbocycles. The highest BCUT2D eigenvalue weighted by atomic mass is 16.5. The molecule has 0 aliphatic carbocycles. The van der Waals surface area contributed by atoms with Crippen LogP contribution in [-0.4, -0.2) is 22.6 Å². The number of hydrogen-bond donors (Lipinski definition) is 1. The largest absolute Gasteiger partial charge is 0.464 e. The number of ether oxygens (including phenoxy) is 1. The zero-order valence-electron chi connectivity index (χ0n) is 22.9. The Hall–Kier alpha value is -4.05. The van der Waals surface area contributed by atoms with Crippen LogP contribution in [0.1, 0.15) is 78.7 Å². The number of methoxy groups -OCH3 is 1. The van der Waals surface area contributed by atoms with E-state index in [0.717, 1.165) is 22.3 Å². The number of aromatic amines is 1. The van der Waals surface area contributed by atoms with Crippen molar-refractivity contribution in [2.24, 2.45) is 0 Å². The van der Waals surface area contributed by atoms with Crippen molar-refractivity contribution >= 4 is 16.9 Å². The van der Waals surface area contributed by atoms with Gasteiger partial charge in [-0.1, -0.05) is 77.9 Å². The van der Waals surface area contributed by atoms with Gasteiger partial charge in [-0.05, 0) is 68.5 Å². The van der Waals surface area contributed by atoms with Crippen LogP contribution in [0.15, 0.2) is 72.8 Å². The van der Waals surface area contributed by atoms with Crippen LogP contribution in [-0.2, 0) is 4.74 Å². The molecule has 4 heteroatoms. The number of nitrogens with one attached hydrogen (secondary N) is 1. The third-order valence-electron chi connectivity index (χ3n) is 8.54. The molecule has 4 nitrogen and oxygen atoms in total. The number of hydrogen-bond acceptors (Lipinski definition) is 2. The maximum atomic E-state index is 13.4. The van der Waals surface area contributed by atoms with Crippen molar-refractivity contribution in [1.29, 1.82) is 0 Å². The highest BCUT2D eigenvalue weighted by Gasteiger charge is 2.48. The van der Waals surface area contributed by atoms with E-state index >= 15 is 0 Å². The normalized spacial score (nSPS) is 18.6. The first-order valence-corrected chi connectivity index (χ1v) is 13.3. The van der Waals surface area contributed by atoms with Crippen LogP contribution >= 0.6 is 0 Å². The van der Waals surface area contributed by atoms with Crippen LogP contribution in [0.5, 0.6) is 0 Å². The van der Waals surface area contributed by atoms with E-state index in [0.29, 0.717) is 5.69 Å². The number of benzene rings is 3. The highest BCUT2D eigenvalue weighted by Crippen LogP contribution is 2.57. The standard InChI is InChI=1S/C34H34N2O2/c1-19-16-20(2)18-25(17-19)29-28(24-12-8-7-9-13-24)33(30-23(5)26-14-10-11-15-27(26)35-30)36-31(29)21(3)22(4)32(36)34(37)38-6/h7-18,28-29,33,35H,1-6H3/t28-,29-,33-/m1/s1. The Balaban J connectivity index is 1.74. The van der Waals surface area contributed by atoms with E-state index in [1.807, 2.05) is 0 Å². The first kappa shape index (κ1) is 24.3. The third-order valence-corrected chi connectivity index (χ3v) is 8.54. The Morgan fingerprint density at radius 1 is 0.789 bits per heavy atom. The average Bonchev–Trinajstić information content (AvgIpc) is 3.51. The van der Waals surface area contributed by atoms with Gasteiger partial charge in [0.15, 0.2) is 0 Å². The number of aromatic nitrogens is 2. The lowest BCUT2D eigenvalue weighted by Gasteiger charge is -2.28. The molecule has 0 saturated heterocycles. The molecule has 5 aromatic rings. The minimum atomic E-state index is -0.288. The number of para-hydroxylation sites is 1. The molecule has 3 heterocycles. The summed E-state index contributed by atoms with van der Waals surface area (Å²) in [4.78, 5) is 17.2. The summed E-state index contributed by atoms with van der Waals surface area (Å²) in [6, 6.07) is 26.0. The predicted octanol–water partition coefficient (Wildman–Crippen LogP) is 7.82. The van der Waals surface area contributed by atoms with E-state index in [1.165, 1.54) is 46.0 Å². The van der Waals surface area contributed by atoms with E-state index in [-0.39, 0.29) is 23.8 Å². The summed E-state index contributed by atoms with van der Waals surface area (Å²) in [5.74, 6) is -0.130. The van der Waals surface area contributed by atoms with E-state index in [4.69, 9.17) is 4.74 Å². The summed E-state index contributed by atoms with van der Waals surface area (Å²) in [5, 5.41) is 1.21. The van der Waals surface area contributed by atoms with Crippen LogP contribution in [0.3, 0.4) is 0 Å². The molecule has 0 radical (unpaired) electrons. The number of H-pyrrole nitrogens is 1. The molecule has 1 aliphatic heterocycles. The Labute approximate surface area is 224 Å². The van der Waals surface area contributed by atoms with Gasteiger partial charge in [0.25, 0.3) is 0 Å². The van der Waals surface area contributed by atoms with E-state index < -0.39 is 0 Å². The third kappa shape index (κ3) is 3.54. The van der Waals surface area contributed by atoms with E-state index in [9.17, 15) is 4.79 Å². The molecule has 38 heavy (non-hydrogen) atoms. The predicted molar refractivity (Wildman–Crippen MR) is 153 cm³/mol. The summed E-state index contributed by atoms with van der Waals surface area (Å²) in [5.41, 5.74) is 12.5. The van der Waals surface area contributed by atoms with Crippen LogP contribution in [0.2, 0.25) is 0 Å². The molecular formula is C34H34N2O2. The zero-order valence-corrected chi connectivity index (χ0v) is 22.9. The molecule has 0 unspecified atom stereocenters. The van der Waals surface area contributed by atoms with E-state index in [2.05, 4.69) is 117 Å². The van der Waals surface area contributed by atoms with Gasteiger partial charge in [-0.2, -0.15) is 0 Å². The molecule has 3 atom stereocenters. The summed E-state index contributed by atoms with van der Waals surface area (Å²) >= 11 is 0. The van der Waals surface area contributed by atoms with Crippen molar-refractivity contribution in [2.75, 3.05) is 7.11 Å². The second kappa shape index (κ2) is 9.05. The number of carbonyl (C=O) groups is 1. The van der Waals surface area contributed by atoms with Crippen LogP contribution < -0.4 is 0 Å². The Morgan fingerprint density at radius 3 is 2.11 bits per heavy atom. The van der Waals surface area contributed by atoms with Gasteiger partial charge in [-0.15, -0.1) is 0 Å². The van der Waals surface area contributed by atoms with Gasteiger partial charge in [-0.25, -0.2) is 4.79 Å². The monoisotopic (exact) mass is 502 g/mol. The second-order valence-electron chi connectivity index (χ2n) is 10.8. The van der Waals surface area contributed by atoms with Crippen molar-refractivity contribution in [2.45, 2.75) is 52.5 Å². The fourth-order valence-electron chi connectivity index (χ4n) is 6.90. The molecule has 0 amide bonds. The van der Waals surface area contributed by atoms with Crippen molar-refractivity contribution in [3.8, 4) is 0 Å². The number of nitrogens with zero attached hydrogens (tertiary/aromatic N) is 1. The van der Waals surface area contributed by atoms with Crippen molar-refractivity contribution in [1.82, 2.24) is 9.55 Å². The molecule has 0 fully saturated rings. The van der Waals surface area contributed by atoms with Gasteiger partial charge in [0.05, 0.1) is 13.2 Å². The lowest BCUT2D eigenvalue weighted by atomic mass is 9.75. The van der Waals surface area contributed by atoms with Gasteiger partial charge in [0, 0.05) is 34.1 Å². The fourth-order valence-corrected chi connectivity index (χ4v) is 6.90. The Kier molecular flexibility index (Phi) is 5.79. The summed E-state index contributed by atoms with van der Waals surface area (Å²) in [6.07, 6.45) is 0. The Morgan fingerprint density at radius 2 is 1.45 bits per heavy atom. The number of aryl methyl sites for hydroxylation is 3. The minimum absolute atomic E-state index is 0.0731. The van der Waals surface area contributed by atoms with E-state index in [1.54, 1.807) is 0 Å². The lowest BCUT2D eigenvalue weighted by molar-refractivity contribution is 0.0586. The van der Waals surface area contributed by atoms with Crippen LogP contribution in [0.25, 0.3) is 10.9 Å². The van der Waals surface area contributed by atoms with Gasteiger partial charge in [0.2, 0.25) is 0 Å². The van der Waals surface area contributed by atoms with Crippen LogP contribution in [0.4, 0.5) is 0 Å². The van der Waals surface area contributed by atoms with Gasteiger partial charge >= 0.3 is 5.97 Å². The maximum Gasteiger partial charge on any atom is 0.354 e. The summed E-state index contributed by atoms with van der Waals surface area (Å²) in [6.45, 7) is 10.7. The minimum Gasteiger partial charge on any atom is -0.464 e. The Bertz CT molecular complexity index is 1670. The van der Waals surface area contributed by atoms with Gasteiger partial charge in [0.1, 0.15) is 5.69 Å². The second-order valence-corrected chi connectivity index (χ2v) is 10.8. The van der Waals surface area contributed by atoms with Crippen molar-refractivity contribution in [3.63, 3.8) is 0 Å². The number of rotatable bonds is 4. The fraction of sp³-hybridized carbons (Fsp3) is 0.265. The molecule has 1 aliphatic rings. The molecule has 0 spiro atoms. The molecule has 1 N–H and O–H groups in total. The lowest BCUT2D eigenvalue weighted by Crippen LogP contribution is -2.21. The topological polar surface area (TPSA) is 47.0 Å². The van der Waals surface area contributed by atoms with Gasteiger partial charge in [-0.3, -0.25) is 0 Å². The smallest absolute Gasteiger partial charge is 0.354 e. The SMILES string of the molecule is COC(=O)c1c(C)c(C)c2n1[C@@H](c1[nH]c3ccccc3c1C)[C@H](c1ccccc1)[C@H]2c1cc(C)cc(C)c1. The number of fused-ring (bicyclic) bond motifs is 2. The summed E-state index contributed by atoms with van der Waals surface area (Å²) in [7, 11) is 1.48.